The van der Waals surface area contributed by atoms with Gasteiger partial charge in [-0.3, -0.25) is 22.3 Å². The molecule has 2 aromatic carbocycles. The van der Waals surface area contributed by atoms with Gasteiger partial charge in [0.2, 0.25) is 6.29 Å². The Morgan fingerprint density at radius 1 is 0.829 bits per heavy atom. The van der Waals surface area contributed by atoms with E-state index in [0.717, 1.165) is 22.3 Å². The van der Waals surface area contributed by atoms with E-state index in [4.69, 9.17) is 32.7 Å². The summed E-state index contributed by atoms with van der Waals surface area (Å²) in [5.74, 6) is 11.1. The molecule has 4 rings (SSSR count). The van der Waals surface area contributed by atoms with Crippen molar-refractivity contribution in [1.82, 2.24) is 7.91 Å². The number of carbonyl (C=O) groups excluding carboxylic acids is 1. The first kappa shape index (κ1) is 32.1. The molecular formula is C30H27Cl2N2O5S2+. The fourth-order valence-corrected chi connectivity index (χ4v) is 5.55. The van der Waals surface area contributed by atoms with Crippen LogP contribution in [-0.4, -0.2) is 33.7 Å². The average molecular weight is 631 g/mol. The quantitative estimate of drug-likeness (QED) is 0.143. The molecule has 0 radical (unpaired) electrons. The summed E-state index contributed by atoms with van der Waals surface area (Å²) in [6.07, 6.45) is 0.0309. The third-order valence-corrected chi connectivity index (χ3v) is 7.39. The van der Waals surface area contributed by atoms with Gasteiger partial charge in [0.1, 0.15) is 8.67 Å². The lowest BCUT2D eigenvalue weighted by molar-refractivity contribution is -0.103. The standard InChI is InChI=1S/C17H18ClNO3S.C13H8ClNO2S/c1-3-21-17(22-4-2)9-8-13-6-5-7-14(10-13)12-19-16(20)11-15(18)23-19;14-12-8-13(17)15(18-12)9-11-4-1-3-10(7-11)5-2-6-16/h5-7,10-11,17H,3-4,12H2,1-2H3;1,3-4,6-8H,9H2/p+1. The van der Waals surface area contributed by atoms with E-state index in [-0.39, 0.29) is 12.5 Å². The molecule has 0 atom stereocenters. The van der Waals surface area contributed by atoms with E-state index in [1.54, 1.807) is 7.91 Å². The number of benzene rings is 2. The van der Waals surface area contributed by atoms with Gasteiger partial charge in [0.05, 0.1) is 13.1 Å². The van der Waals surface area contributed by atoms with E-state index in [1.807, 2.05) is 62.4 Å². The molecule has 0 aliphatic heterocycles. The Morgan fingerprint density at radius 3 is 1.73 bits per heavy atom. The van der Waals surface area contributed by atoms with Gasteiger partial charge in [-0.05, 0) is 84.1 Å². The van der Waals surface area contributed by atoms with Gasteiger partial charge in [0.25, 0.3) is 11.1 Å². The second kappa shape index (κ2) is 16.8. The number of nitrogens with zero attached hydrogens (tertiary/aromatic N) is 2. The van der Waals surface area contributed by atoms with Crippen LogP contribution in [0, 0.1) is 23.7 Å². The molecule has 0 aliphatic carbocycles. The van der Waals surface area contributed by atoms with E-state index < -0.39 is 6.29 Å². The molecule has 0 aliphatic rings. The molecule has 41 heavy (non-hydrogen) atoms. The Bertz CT molecular complexity index is 1700. The zero-order valence-electron chi connectivity index (χ0n) is 23.3. The van der Waals surface area contributed by atoms with Crippen LogP contribution in [0.25, 0.3) is 0 Å². The zero-order chi connectivity index (χ0) is 29.6. The van der Waals surface area contributed by atoms with Crippen molar-refractivity contribution in [3.8, 4) is 23.7 Å². The molecule has 4 aromatic rings. The monoisotopic (exact) mass is 629 g/mol. The first-order chi connectivity index (χ1) is 19.8. The minimum Gasteiger partial charge on any atom is -0.342 e. The number of aromatic nitrogens is 2. The number of carbonyl (C=O) groups is 1. The smallest absolute Gasteiger partial charge is 0.342 e. The molecule has 0 N–H and O–H groups in total. The van der Waals surface area contributed by atoms with Crippen LogP contribution in [0.4, 0.5) is 0 Å². The Labute approximate surface area is 257 Å². The molecule has 2 aromatic heterocycles. The van der Waals surface area contributed by atoms with Crippen LogP contribution in [0.2, 0.25) is 8.67 Å². The minimum atomic E-state index is -0.521. The lowest BCUT2D eigenvalue weighted by Crippen LogP contribution is -2.14. The maximum Gasteiger partial charge on any atom is 1.00 e. The minimum absolute atomic E-state index is 0. The van der Waals surface area contributed by atoms with E-state index in [2.05, 4.69) is 23.7 Å². The first-order valence-electron chi connectivity index (χ1n) is 12.4. The van der Waals surface area contributed by atoms with Crippen LogP contribution in [0.3, 0.4) is 0 Å². The predicted molar refractivity (Wildman–Crippen MR) is 166 cm³/mol. The Morgan fingerprint density at radius 2 is 1.32 bits per heavy atom. The van der Waals surface area contributed by atoms with Crippen molar-refractivity contribution in [3.63, 3.8) is 0 Å². The molecule has 0 fully saturated rings. The summed E-state index contributed by atoms with van der Waals surface area (Å²) in [5, 5.41) is 0. The molecule has 11 heteroatoms. The van der Waals surface area contributed by atoms with Crippen molar-refractivity contribution < 1.29 is 15.7 Å². The second-order valence-corrected chi connectivity index (χ2v) is 11.5. The molecular weight excluding hydrogens is 603 g/mol. The number of aldehydes is 1. The molecule has 2 heterocycles. The number of halogens is 2. The average Bonchev–Trinajstić information content (AvgIpc) is 3.44. The van der Waals surface area contributed by atoms with Crippen LogP contribution in [0.15, 0.2) is 70.3 Å². The molecule has 0 unspecified atom stereocenters. The van der Waals surface area contributed by atoms with E-state index in [0.29, 0.717) is 41.3 Å². The summed E-state index contributed by atoms with van der Waals surface area (Å²) < 4.78 is 14.9. The highest BCUT2D eigenvalue weighted by Crippen LogP contribution is 2.15. The van der Waals surface area contributed by atoms with Gasteiger partial charge in [0.15, 0.2) is 6.29 Å². The van der Waals surface area contributed by atoms with Gasteiger partial charge in [-0.25, -0.2) is 0 Å². The molecule has 0 saturated carbocycles. The van der Waals surface area contributed by atoms with Gasteiger partial charge >= 0.3 is 1.43 Å². The van der Waals surface area contributed by atoms with Crippen molar-refractivity contribution in [2.45, 2.75) is 33.2 Å². The van der Waals surface area contributed by atoms with Gasteiger partial charge in [0, 0.05) is 36.5 Å². The van der Waals surface area contributed by atoms with Gasteiger partial charge in [-0.1, -0.05) is 59.3 Å². The fourth-order valence-electron chi connectivity index (χ4n) is 3.43. The number of hydrogen-bond donors (Lipinski definition) is 0. The van der Waals surface area contributed by atoms with Gasteiger partial charge in [-0.15, -0.1) is 0 Å². The van der Waals surface area contributed by atoms with Crippen molar-refractivity contribution in [2.75, 3.05) is 13.2 Å². The summed E-state index contributed by atoms with van der Waals surface area (Å²) in [7, 11) is 0. The van der Waals surface area contributed by atoms with Crippen molar-refractivity contribution >= 4 is 52.6 Å². The van der Waals surface area contributed by atoms with E-state index in [9.17, 15) is 14.4 Å². The third-order valence-electron chi connectivity index (χ3n) is 5.11. The summed E-state index contributed by atoms with van der Waals surface area (Å²) >= 11 is 14.1. The van der Waals surface area contributed by atoms with Gasteiger partial charge < -0.3 is 9.47 Å². The highest BCUT2D eigenvalue weighted by molar-refractivity contribution is 7.11. The second-order valence-electron chi connectivity index (χ2n) is 8.13. The summed E-state index contributed by atoms with van der Waals surface area (Å²) in [5.41, 5.74) is 3.31. The highest BCUT2D eigenvalue weighted by Gasteiger charge is 2.05. The Balaban J connectivity index is 0.000000295. The van der Waals surface area contributed by atoms with Crippen molar-refractivity contribution in [2.24, 2.45) is 0 Å². The fraction of sp³-hybridized carbons (Fsp3) is 0.233. The largest absolute Gasteiger partial charge is 1.00 e. The predicted octanol–water partition coefficient (Wildman–Crippen LogP) is 5.64. The van der Waals surface area contributed by atoms with Crippen molar-refractivity contribution in [1.29, 1.82) is 0 Å². The summed E-state index contributed by atoms with van der Waals surface area (Å²) in [6, 6.07) is 17.9. The molecule has 0 spiro atoms. The third kappa shape index (κ3) is 10.8. The van der Waals surface area contributed by atoms with Crippen LogP contribution in [0.1, 0.15) is 37.5 Å². The topological polar surface area (TPSA) is 79.5 Å². The van der Waals surface area contributed by atoms with Crippen LogP contribution in [0.5, 0.6) is 0 Å². The van der Waals surface area contributed by atoms with Crippen LogP contribution in [-0.2, 0) is 27.4 Å². The Kier molecular flexibility index (Phi) is 13.1. The molecule has 212 valence electrons. The maximum absolute atomic E-state index is 11.7. The SMILES string of the molecule is CCOC(C#Cc1cccc(Cn2sc(Cl)cc2=O)c1)OCC.O=CC#Cc1cccc(Cn2sc(Cl)cc2=O)c1.[H+]. The number of rotatable bonds is 8. The maximum atomic E-state index is 11.7. The normalized spacial score (nSPS) is 10.2. The molecule has 0 amide bonds. The number of hydrogen-bond acceptors (Lipinski definition) is 7. The highest BCUT2D eigenvalue weighted by atomic mass is 35.5. The first-order valence-corrected chi connectivity index (χ1v) is 14.7. The van der Waals surface area contributed by atoms with Crippen LogP contribution >= 0.6 is 46.3 Å². The number of ether oxygens (including phenoxy) is 2. The zero-order valence-corrected chi connectivity index (χ0v) is 25.4. The van der Waals surface area contributed by atoms with E-state index in [1.165, 1.54) is 35.2 Å². The Hall–Kier alpha value is -3.41. The lowest BCUT2D eigenvalue weighted by atomic mass is 10.1. The molecule has 7 nitrogen and oxygen atoms in total. The molecule has 0 bridgehead atoms. The summed E-state index contributed by atoms with van der Waals surface area (Å²) in [6.45, 7) is 5.82. The van der Waals surface area contributed by atoms with Crippen molar-refractivity contribution in [3.05, 3.63) is 112 Å². The lowest BCUT2D eigenvalue weighted by Gasteiger charge is -2.09. The van der Waals surface area contributed by atoms with E-state index >= 15 is 0 Å². The summed E-state index contributed by atoms with van der Waals surface area (Å²) in [4.78, 5) is 33.4. The molecule has 0 saturated heterocycles. The van der Waals surface area contributed by atoms with Crippen LogP contribution < -0.4 is 11.1 Å². The van der Waals surface area contributed by atoms with Gasteiger partial charge in [-0.2, -0.15) is 0 Å².